The van der Waals surface area contributed by atoms with E-state index < -0.39 is 0 Å². The van der Waals surface area contributed by atoms with E-state index in [0.717, 1.165) is 6.42 Å². The van der Waals surface area contributed by atoms with Crippen molar-refractivity contribution < 1.29 is 4.79 Å². The van der Waals surface area contributed by atoms with Crippen molar-refractivity contribution in [2.45, 2.75) is 26.3 Å². The Morgan fingerprint density at radius 2 is 2.33 bits per heavy atom. The van der Waals surface area contributed by atoms with Gasteiger partial charge in [0, 0.05) is 12.5 Å². The summed E-state index contributed by atoms with van der Waals surface area (Å²) >= 11 is 0. The van der Waals surface area contributed by atoms with Crippen LogP contribution in [0.25, 0.3) is 0 Å². The number of terminal acetylenes is 1. The van der Waals surface area contributed by atoms with E-state index in [9.17, 15) is 4.79 Å². The van der Waals surface area contributed by atoms with Gasteiger partial charge in [-0.3, -0.25) is 4.79 Å². The zero-order valence-electron chi connectivity index (χ0n) is 7.63. The molecule has 0 aromatic carbocycles. The summed E-state index contributed by atoms with van der Waals surface area (Å²) in [4.78, 5) is 11.3. The molecular weight excluding hydrogens is 152 g/mol. The van der Waals surface area contributed by atoms with Crippen LogP contribution in [0.3, 0.4) is 0 Å². The fourth-order valence-corrected chi connectivity index (χ4v) is 0.832. The summed E-state index contributed by atoms with van der Waals surface area (Å²) in [5.74, 6) is 2.27. The van der Waals surface area contributed by atoms with E-state index in [2.05, 4.69) is 11.2 Å². The second-order valence-corrected chi connectivity index (χ2v) is 2.74. The summed E-state index contributed by atoms with van der Waals surface area (Å²) in [5, 5.41) is 2.68. The van der Waals surface area contributed by atoms with Crippen molar-refractivity contribution >= 4 is 5.91 Å². The maximum Gasteiger partial charge on any atom is 0.225 e. The first-order valence-corrected chi connectivity index (χ1v) is 4.12. The Morgan fingerprint density at radius 1 is 1.75 bits per heavy atom. The molecule has 0 saturated carbocycles. The molecule has 0 radical (unpaired) electrons. The largest absolute Gasteiger partial charge is 0.342 e. The normalized spacial score (nSPS) is 14.5. The molecule has 12 heavy (non-hydrogen) atoms. The molecule has 3 nitrogen and oxygen atoms in total. The van der Waals surface area contributed by atoms with Gasteiger partial charge in [-0.1, -0.05) is 12.8 Å². The zero-order valence-corrected chi connectivity index (χ0v) is 7.63. The van der Waals surface area contributed by atoms with E-state index in [1.165, 1.54) is 0 Å². The van der Waals surface area contributed by atoms with Crippen LogP contribution in [0.5, 0.6) is 0 Å². The van der Waals surface area contributed by atoms with Gasteiger partial charge in [0.1, 0.15) is 0 Å². The molecule has 0 aromatic rings. The second kappa shape index (κ2) is 5.62. The van der Waals surface area contributed by atoms with Gasteiger partial charge >= 0.3 is 0 Å². The third-order valence-corrected chi connectivity index (χ3v) is 1.76. The fraction of sp³-hybridized carbons (Fsp3) is 0.667. The van der Waals surface area contributed by atoms with Crippen LogP contribution in [0.2, 0.25) is 0 Å². The van der Waals surface area contributed by atoms with Gasteiger partial charge in [-0.15, -0.1) is 6.42 Å². The monoisotopic (exact) mass is 168 g/mol. The summed E-state index contributed by atoms with van der Waals surface area (Å²) in [5.41, 5.74) is 5.39. The number of carbonyl (C=O) groups is 1. The van der Waals surface area contributed by atoms with Crippen molar-refractivity contribution in [2.75, 3.05) is 6.54 Å². The van der Waals surface area contributed by atoms with E-state index in [-0.39, 0.29) is 17.9 Å². The van der Waals surface area contributed by atoms with Crippen LogP contribution >= 0.6 is 0 Å². The second-order valence-electron chi connectivity index (χ2n) is 2.74. The average Bonchev–Trinajstić information content (AvgIpc) is 2.06. The first-order chi connectivity index (χ1) is 5.65. The lowest BCUT2D eigenvalue weighted by Crippen LogP contribution is -2.39. The molecule has 0 spiro atoms. The molecule has 0 heterocycles. The Morgan fingerprint density at radius 3 is 2.67 bits per heavy atom. The minimum atomic E-state index is -0.210. The molecule has 0 rings (SSSR count). The standard InChI is InChI=1S/C9H16N2O/c1-4-7(3)11-9(12)8(5-2)6-10/h1,7-8H,5-6,10H2,2-3H3,(H,11,12). The van der Waals surface area contributed by atoms with Gasteiger partial charge in [-0.2, -0.15) is 0 Å². The Hall–Kier alpha value is -1.01. The maximum absolute atomic E-state index is 11.3. The Balaban J connectivity index is 3.94. The van der Waals surface area contributed by atoms with E-state index in [0.29, 0.717) is 6.54 Å². The molecule has 0 bridgehead atoms. The number of nitrogens with one attached hydrogen (secondary N) is 1. The Labute approximate surface area is 73.7 Å². The number of carbonyl (C=O) groups excluding carboxylic acids is 1. The topological polar surface area (TPSA) is 55.1 Å². The van der Waals surface area contributed by atoms with Crippen LogP contribution in [-0.2, 0) is 4.79 Å². The SMILES string of the molecule is C#CC(C)NC(=O)C(CC)CN. The number of hydrogen-bond donors (Lipinski definition) is 2. The van der Waals surface area contributed by atoms with E-state index >= 15 is 0 Å². The molecule has 0 aliphatic heterocycles. The van der Waals surface area contributed by atoms with E-state index in [4.69, 9.17) is 12.2 Å². The third-order valence-electron chi connectivity index (χ3n) is 1.76. The first-order valence-electron chi connectivity index (χ1n) is 4.12. The van der Waals surface area contributed by atoms with Crippen LogP contribution in [0.15, 0.2) is 0 Å². The van der Waals surface area contributed by atoms with Gasteiger partial charge < -0.3 is 11.1 Å². The Bertz CT molecular complexity index is 179. The molecule has 2 atom stereocenters. The van der Waals surface area contributed by atoms with Gasteiger partial charge in [-0.25, -0.2) is 0 Å². The lowest BCUT2D eigenvalue weighted by atomic mass is 10.1. The molecule has 68 valence electrons. The fourth-order valence-electron chi connectivity index (χ4n) is 0.832. The summed E-state index contributed by atoms with van der Waals surface area (Å²) in [7, 11) is 0. The van der Waals surface area contributed by atoms with Crippen molar-refractivity contribution in [3.63, 3.8) is 0 Å². The zero-order chi connectivity index (χ0) is 9.56. The Kier molecular flexibility index (Phi) is 5.14. The van der Waals surface area contributed by atoms with Crippen molar-refractivity contribution in [3.8, 4) is 12.3 Å². The molecule has 3 heteroatoms. The molecule has 2 unspecified atom stereocenters. The first kappa shape index (κ1) is 11.0. The predicted octanol–water partition coefficient (Wildman–Crippen LogP) is 0.109. The minimum Gasteiger partial charge on any atom is -0.342 e. The van der Waals surface area contributed by atoms with Crippen molar-refractivity contribution in [1.29, 1.82) is 0 Å². The highest BCUT2D eigenvalue weighted by Gasteiger charge is 2.14. The lowest BCUT2D eigenvalue weighted by molar-refractivity contribution is -0.125. The van der Waals surface area contributed by atoms with Gasteiger partial charge in [-0.05, 0) is 13.3 Å². The molecule has 1 amide bonds. The molecule has 0 fully saturated rings. The molecule has 3 N–H and O–H groups in total. The van der Waals surface area contributed by atoms with Crippen molar-refractivity contribution in [3.05, 3.63) is 0 Å². The number of amides is 1. The third kappa shape index (κ3) is 3.40. The smallest absolute Gasteiger partial charge is 0.225 e. The molecule has 0 aromatic heterocycles. The van der Waals surface area contributed by atoms with E-state index in [1.807, 2.05) is 6.92 Å². The highest BCUT2D eigenvalue weighted by Crippen LogP contribution is 1.99. The van der Waals surface area contributed by atoms with Crippen LogP contribution in [-0.4, -0.2) is 18.5 Å². The van der Waals surface area contributed by atoms with Crippen LogP contribution < -0.4 is 11.1 Å². The predicted molar refractivity (Wildman–Crippen MR) is 49.3 cm³/mol. The van der Waals surface area contributed by atoms with Crippen LogP contribution in [0, 0.1) is 18.3 Å². The number of nitrogens with two attached hydrogens (primary N) is 1. The molecule has 0 saturated heterocycles. The average molecular weight is 168 g/mol. The van der Waals surface area contributed by atoms with Gasteiger partial charge in [0.2, 0.25) is 5.91 Å². The van der Waals surface area contributed by atoms with Crippen LogP contribution in [0.1, 0.15) is 20.3 Å². The maximum atomic E-state index is 11.3. The number of rotatable bonds is 4. The summed E-state index contributed by atoms with van der Waals surface area (Å²) in [6.07, 6.45) is 5.86. The van der Waals surface area contributed by atoms with E-state index in [1.54, 1.807) is 6.92 Å². The molecule has 0 aliphatic rings. The molecular formula is C9H16N2O. The minimum absolute atomic E-state index is 0.0505. The lowest BCUT2D eigenvalue weighted by Gasteiger charge is -2.14. The molecule has 0 aliphatic carbocycles. The van der Waals surface area contributed by atoms with Crippen molar-refractivity contribution in [2.24, 2.45) is 11.7 Å². The van der Waals surface area contributed by atoms with Crippen molar-refractivity contribution in [1.82, 2.24) is 5.32 Å². The quantitative estimate of drug-likeness (QED) is 0.585. The summed E-state index contributed by atoms with van der Waals surface area (Å²) in [6.45, 7) is 4.07. The summed E-state index contributed by atoms with van der Waals surface area (Å²) < 4.78 is 0. The van der Waals surface area contributed by atoms with Gasteiger partial charge in [0.05, 0.1) is 6.04 Å². The van der Waals surface area contributed by atoms with Gasteiger partial charge in [0.25, 0.3) is 0 Å². The highest BCUT2D eigenvalue weighted by molar-refractivity contribution is 5.79. The number of hydrogen-bond acceptors (Lipinski definition) is 2. The summed E-state index contributed by atoms with van der Waals surface area (Å²) in [6, 6.07) is -0.210. The van der Waals surface area contributed by atoms with Gasteiger partial charge in [0.15, 0.2) is 0 Å². The highest BCUT2D eigenvalue weighted by atomic mass is 16.1. The van der Waals surface area contributed by atoms with Crippen LogP contribution in [0.4, 0.5) is 0 Å².